The first-order valence-corrected chi connectivity index (χ1v) is 8.92. The van der Waals surface area contributed by atoms with Crippen LogP contribution in [0.3, 0.4) is 0 Å². The Morgan fingerprint density at radius 3 is 2.77 bits per heavy atom. The van der Waals surface area contributed by atoms with Crippen molar-refractivity contribution in [2.24, 2.45) is 0 Å². The van der Waals surface area contributed by atoms with E-state index in [-0.39, 0.29) is 30.7 Å². The molecule has 0 saturated carbocycles. The van der Waals surface area contributed by atoms with Crippen LogP contribution < -0.4 is 15.5 Å². The Morgan fingerprint density at radius 2 is 2.12 bits per heavy atom. The molecule has 1 aliphatic heterocycles. The molecule has 1 saturated heterocycles. The molecular weight excluding hydrogens is 334 g/mol. The van der Waals surface area contributed by atoms with Crippen LogP contribution in [0.25, 0.3) is 0 Å². The second-order valence-corrected chi connectivity index (χ2v) is 6.95. The number of nitrogens with one attached hydrogen (secondary N) is 3. The standard InChI is InChI=1S/C19H27N3O4/c1-12(2)14-7-5-6-13(3)18(14)21-16(23)11-22-9-8-20-19(25)15(22)10-17(24)26-4/h5-7,12,15H,8-11H2,1-4H3,(H,20,25)(H,21,23)/p+1/t15-/m1/s1. The molecule has 0 radical (unpaired) electrons. The van der Waals surface area contributed by atoms with Crippen molar-refractivity contribution in [2.75, 3.05) is 32.1 Å². The van der Waals surface area contributed by atoms with Crippen LogP contribution in [0.15, 0.2) is 18.2 Å². The molecule has 1 unspecified atom stereocenters. The molecule has 142 valence electrons. The number of rotatable bonds is 6. The Balaban J connectivity index is 2.11. The zero-order valence-corrected chi connectivity index (χ0v) is 15.8. The van der Waals surface area contributed by atoms with Crippen molar-refractivity contribution in [3.05, 3.63) is 29.3 Å². The van der Waals surface area contributed by atoms with Gasteiger partial charge in [0.2, 0.25) is 0 Å². The summed E-state index contributed by atoms with van der Waals surface area (Å²) < 4.78 is 4.68. The maximum atomic E-state index is 12.6. The van der Waals surface area contributed by atoms with Gasteiger partial charge in [-0.25, -0.2) is 0 Å². The van der Waals surface area contributed by atoms with Crippen molar-refractivity contribution in [1.82, 2.24) is 5.32 Å². The van der Waals surface area contributed by atoms with Crippen LogP contribution in [0.5, 0.6) is 0 Å². The number of piperazine rings is 1. The van der Waals surface area contributed by atoms with E-state index in [1.807, 2.05) is 25.1 Å². The van der Waals surface area contributed by atoms with Crippen LogP contribution in [0.1, 0.15) is 37.3 Å². The van der Waals surface area contributed by atoms with Gasteiger partial charge in [0.05, 0.1) is 20.2 Å². The molecular formula is C19H28N3O4+. The van der Waals surface area contributed by atoms with E-state index in [9.17, 15) is 14.4 Å². The van der Waals surface area contributed by atoms with Gasteiger partial charge < -0.3 is 20.3 Å². The monoisotopic (exact) mass is 362 g/mol. The summed E-state index contributed by atoms with van der Waals surface area (Å²) in [5.74, 6) is -0.555. The van der Waals surface area contributed by atoms with Crippen LogP contribution in [-0.2, 0) is 19.1 Å². The number of aryl methyl sites for hydroxylation is 1. The van der Waals surface area contributed by atoms with E-state index in [0.29, 0.717) is 13.1 Å². The van der Waals surface area contributed by atoms with Gasteiger partial charge in [-0.1, -0.05) is 32.0 Å². The summed E-state index contributed by atoms with van der Waals surface area (Å²) in [5.41, 5.74) is 2.91. The van der Waals surface area contributed by atoms with Gasteiger partial charge in [0.15, 0.2) is 12.6 Å². The molecule has 0 spiro atoms. The molecule has 1 aromatic carbocycles. The van der Waals surface area contributed by atoms with Crippen molar-refractivity contribution in [3.63, 3.8) is 0 Å². The van der Waals surface area contributed by atoms with Crippen molar-refractivity contribution in [2.45, 2.75) is 39.2 Å². The molecule has 1 aliphatic rings. The second kappa shape index (κ2) is 8.80. The average Bonchev–Trinajstić information content (AvgIpc) is 2.59. The van der Waals surface area contributed by atoms with Crippen LogP contribution in [0.4, 0.5) is 5.69 Å². The van der Waals surface area contributed by atoms with Crippen molar-refractivity contribution < 1.29 is 24.0 Å². The number of carbonyl (C=O) groups excluding carboxylic acids is 3. The fraction of sp³-hybridized carbons (Fsp3) is 0.526. The highest BCUT2D eigenvalue weighted by Crippen LogP contribution is 2.27. The number of ether oxygens (including phenoxy) is 1. The predicted molar refractivity (Wildman–Crippen MR) is 98.0 cm³/mol. The number of hydrogen-bond acceptors (Lipinski definition) is 4. The van der Waals surface area contributed by atoms with E-state index in [0.717, 1.165) is 21.7 Å². The Bertz CT molecular complexity index is 687. The number of para-hydroxylation sites is 1. The zero-order valence-electron chi connectivity index (χ0n) is 15.8. The number of amides is 2. The smallest absolute Gasteiger partial charge is 0.312 e. The first-order chi connectivity index (χ1) is 12.3. The molecule has 7 nitrogen and oxygen atoms in total. The van der Waals surface area contributed by atoms with E-state index < -0.39 is 12.0 Å². The van der Waals surface area contributed by atoms with Crippen LogP contribution in [-0.4, -0.2) is 50.6 Å². The van der Waals surface area contributed by atoms with Gasteiger partial charge in [-0.15, -0.1) is 0 Å². The van der Waals surface area contributed by atoms with Crippen molar-refractivity contribution in [1.29, 1.82) is 0 Å². The predicted octanol–water partition coefficient (Wildman–Crippen LogP) is 0.00332. The quantitative estimate of drug-likeness (QED) is 0.622. The van der Waals surface area contributed by atoms with Crippen LogP contribution >= 0.6 is 0 Å². The van der Waals surface area contributed by atoms with E-state index in [4.69, 9.17) is 0 Å². The molecule has 7 heteroatoms. The number of carbonyl (C=O) groups is 3. The van der Waals surface area contributed by atoms with Crippen LogP contribution in [0.2, 0.25) is 0 Å². The average molecular weight is 362 g/mol. The van der Waals surface area contributed by atoms with Gasteiger partial charge >= 0.3 is 5.97 Å². The number of anilines is 1. The number of quaternary nitrogens is 1. The van der Waals surface area contributed by atoms with Gasteiger partial charge in [0, 0.05) is 5.69 Å². The molecule has 1 heterocycles. The normalized spacial score (nSPS) is 19.8. The van der Waals surface area contributed by atoms with Crippen LogP contribution in [0, 0.1) is 6.92 Å². The summed E-state index contributed by atoms with van der Waals surface area (Å²) in [6.07, 6.45) is -0.0352. The maximum absolute atomic E-state index is 12.6. The Labute approximate surface area is 154 Å². The molecule has 3 N–H and O–H groups in total. The SMILES string of the molecule is COC(=O)C[C@@H]1C(=O)NCC[NH+]1CC(=O)Nc1c(C)cccc1C(C)C. The zero-order chi connectivity index (χ0) is 19.3. The Kier molecular flexibility index (Phi) is 6.74. The molecule has 1 aromatic rings. The molecule has 0 aliphatic carbocycles. The second-order valence-electron chi connectivity index (χ2n) is 6.95. The highest BCUT2D eigenvalue weighted by Gasteiger charge is 2.36. The third kappa shape index (κ3) is 4.82. The Morgan fingerprint density at radius 1 is 1.38 bits per heavy atom. The highest BCUT2D eigenvalue weighted by atomic mass is 16.5. The number of benzene rings is 1. The minimum atomic E-state index is -0.608. The summed E-state index contributed by atoms with van der Waals surface area (Å²) in [4.78, 5) is 37.1. The molecule has 2 atom stereocenters. The number of methoxy groups -OCH3 is 1. The largest absolute Gasteiger partial charge is 0.469 e. The number of hydrogen-bond donors (Lipinski definition) is 3. The Hall–Kier alpha value is -2.41. The topological polar surface area (TPSA) is 88.9 Å². The summed E-state index contributed by atoms with van der Waals surface area (Å²) in [7, 11) is 1.29. The summed E-state index contributed by atoms with van der Waals surface area (Å²) >= 11 is 0. The summed E-state index contributed by atoms with van der Waals surface area (Å²) in [6, 6.07) is 5.34. The molecule has 2 amide bonds. The molecule has 26 heavy (non-hydrogen) atoms. The summed E-state index contributed by atoms with van der Waals surface area (Å²) in [5, 5.41) is 5.75. The van der Waals surface area contributed by atoms with Gasteiger partial charge in [0.1, 0.15) is 6.42 Å². The minimum absolute atomic E-state index is 0.0352. The lowest BCUT2D eigenvalue weighted by atomic mass is 9.98. The maximum Gasteiger partial charge on any atom is 0.312 e. The lowest BCUT2D eigenvalue weighted by Gasteiger charge is -2.31. The molecule has 1 fully saturated rings. The highest BCUT2D eigenvalue weighted by molar-refractivity contribution is 5.93. The molecule has 2 rings (SSSR count). The fourth-order valence-electron chi connectivity index (χ4n) is 3.26. The summed E-state index contributed by atoms with van der Waals surface area (Å²) in [6.45, 7) is 7.32. The van der Waals surface area contributed by atoms with E-state index in [1.54, 1.807) is 0 Å². The third-order valence-electron chi connectivity index (χ3n) is 4.73. The van der Waals surface area contributed by atoms with Crippen molar-refractivity contribution in [3.8, 4) is 0 Å². The molecule has 0 bridgehead atoms. The van der Waals surface area contributed by atoms with Crippen molar-refractivity contribution >= 4 is 23.5 Å². The first kappa shape index (κ1) is 19.9. The van der Waals surface area contributed by atoms with E-state index in [1.165, 1.54) is 7.11 Å². The van der Waals surface area contributed by atoms with Gasteiger partial charge in [-0.2, -0.15) is 0 Å². The van der Waals surface area contributed by atoms with Gasteiger partial charge in [-0.3, -0.25) is 14.4 Å². The van der Waals surface area contributed by atoms with E-state index in [2.05, 4.69) is 29.2 Å². The first-order valence-electron chi connectivity index (χ1n) is 8.92. The van der Waals surface area contributed by atoms with E-state index >= 15 is 0 Å². The molecule has 0 aromatic heterocycles. The minimum Gasteiger partial charge on any atom is -0.469 e. The number of esters is 1. The third-order valence-corrected chi connectivity index (χ3v) is 4.73. The lowest BCUT2D eigenvalue weighted by molar-refractivity contribution is -0.909. The van der Waals surface area contributed by atoms with Gasteiger partial charge in [0.25, 0.3) is 11.8 Å². The fourth-order valence-corrected chi connectivity index (χ4v) is 3.26. The van der Waals surface area contributed by atoms with Gasteiger partial charge in [-0.05, 0) is 24.0 Å². The lowest BCUT2D eigenvalue weighted by Crippen LogP contribution is -3.20.